The van der Waals surface area contributed by atoms with Crippen LogP contribution < -0.4 is 15.2 Å². The second kappa shape index (κ2) is 8.48. The summed E-state index contributed by atoms with van der Waals surface area (Å²) in [6.07, 6.45) is 0. The highest BCUT2D eigenvalue weighted by atomic mass is 32.2. The standard InChI is InChI=1S/C18H23N3O3S2/c1-4-24-16-9-7-15(8-10-16)20-18(25)21(3)13(2)14-5-11-17(12-6-14)26(19,22)23/h5-13H,4H2,1-3H3,(H,20,25)(H2,19,22,23)/t13-/m0/s1. The lowest BCUT2D eigenvalue weighted by atomic mass is 10.1. The Balaban J connectivity index is 2.04. The van der Waals surface area contributed by atoms with E-state index in [0.29, 0.717) is 11.7 Å². The molecule has 3 N–H and O–H groups in total. The minimum Gasteiger partial charge on any atom is -0.494 e. The van der Waals surface area contributed by atoms with E-state index in [1.807, 2.05) is 50.1 Å². The van der Waals surface area contributed by atoms with Crippen LogP contribution in [0.3, 0.4) is 0 Å². The number of nitrogens with two attached hydrogens (primary N) is 1. The number of nitrogens with zero attached hydrogens (tertiary/aromatic N) is 1. The third-order valence-electron chi connectivity index (χ3n) is 4.01. The molecule has 8 heteroatoms. The van der Waals surface area contributed by atoms with Crippen molar-refractivity contribution < 1.29 is 13.2 Å². The fourth-order valence-corrected chi connectivity index (χ4v) is 3.14. The van der Waals surface area contributed by atoms with Crippen LogP contribution in [0.5, 0.6) is 5.75 Å². The average Bonchev–Trinajstić information content (AvgIpc) is 2.61. The van der Waals surface area contributed by atoms with Crippen LogP contribution in [-0.4, -0.2) is 32.1 Å². The molecule has 0 aliphatic heterocycles. The largest absolute Gasteiger partial charge is 0.494 e. The summed E-state index contributed by atoms with van der Waals surface area (Å²) in [6.45, 7) is 4.54. The SMILES string of the molecule is CCOc1ccc(NC(=S)N(C)[C@@H](C)c2ccc(S(N)(=O)=O)cc2)cc1. The summed E-state index contributed by atoms with van der Waals surface area (Å²) >= 11 is 5.47. The highest BCUT2D eigenvalue weighted by Gasteiger charge is 2.16. The molecule has 2 aromatic rings. The maximum absolute atomic E-state index is 11.4. The van der Waals surface area contributed by atoms with E-state index in [1.165, 1.54) is 12.1 Å². The van der Waals surface area contributed by atoms with Crippen LogP contribution in [0.15, 0.2) is 53.4 Å². The van der Waals surface area contributed by atoms with E-state index >= 15 is 0 Å². The zero-order valence-electron chi connectivity index (χ0n) is 15.0. The van der Waals surface area contributed by atoms with Crippen LogP contribution >= 0.6 is 12.2 Å². The first kappa shape index (κ1) is 20.2. The number of thiocarbonyl (C=S) groups is 1. The highest BCUT2D eigenvalue weighted by molar-refractivity contribution is 7.89. The summed E-state index contributed by atoms with van der Waals surface area (Å²) in [4.78, 5) is 1.99. The van der Waals surface area contributed by atoms with Crippen LogP contribution in [-0.2, 0) is 10.0 Å². The topological polar surface area (TPSA) is 84.7 Å². The summed E-state index contributed by atoms with van der Waals surface area (Å²) in [6, 6.07) is 14.0. The van der Waals surface area contributed by atoms with Gasteiger partial charge in [0.05, 0.1) is 17.5 Å². The highest BCUT2D eigenvalue weighted by Crippen LogP contribution is 2.22. The molecule has 0 unspecified atom stereocenters. The lowest BCUT2D eigenvalue weighted by molar-refractivity contribution is 0.340. The summed E-state index contributed by atoms with van der Waals surface area (Å²) in [5, 5.41) is 8.86. The van der Waals surface area contributed by atoms with Gasteiger partial charge in [-0.15, -0.1) is 0 Å². The molecule has 0 radical (unpaired) electrons. The van der Waals surface area contributed by atoms with E-state index in [0.717, 1.165) is 17.0 Å². The predicted octanol–water partition coefficient (Wildman–Crippen LogP) is 3.12. The number of rotatable bonds is 6. The van der Waals surface area contributed by atoms with Gasteiger partial charge in [0.1, 0.15) is 5.75 Å². The van der Waals surface area contributed by atoms with Gasteiger partial charge >= 0.3 is 0 Å². The van der Waals surface area contributed by atoms with Gasteiger partial charge in [0.2, 0.25) is 10.0 Å². The van der Waals surface area contributed by atoms with Gasteiger partial charge in [-0.3, -0.25) is 0 Å². The van der Waals surface area contributed by atoms with Crippen molar-refractivity contribution in [3.63, 3.8) is 0 Å². The van der Waals surface area contributed by atoms with E-state index in [2.05, 4.69) is 5.32 Å². The predicted molar refractivity (Wildman–Crippen MR) is 108 cm³/mol. The Labute approximate surface area is 160 Å². The monoisotopic (exact) mass is 393 g/mol. The molecule has 140 valence electrons. The summed E-state index contributed by atoms with van der Waals surface area (Å²) in [5.41, 5.74) is 1.79. The molecule has 0 bridgehead atoms. The molecule has 0 aliphatic rings. The molecule has 26 heavy (non-hydrogen) atoms. The molecule has 0 saturated carbocycles. The molecule has 0 amide bonds. The Kier molecular flexibility index (Phi) is 6.57. The van der Waals surface area contributed by atoms with Gasteiger partial charge < -0.3 is 15.0 Å². The fourth-order valence-electron chi connectivity index (χ4n) is 2.35. The van der Waals surface area contributed by atoms with Crippen LogP contribution in [0, 0.1) is 0 Å². The molecule has 0 saturated heterocycles. The van der Waals surface area contributed by atoms with Gasteiger partial charge in [-0.1, -0.05) is 12.1 Å². The van der Waals surface area contributed by atoms with Crippen molar-refractivity contribution in [2.45, 2.75) is 24.8 Å². The van der Waals surface area contributed by atoms with Gasteiger partial charge in [0.15, 0.2) is 5.11 Å². The van der Waals surface area contributed by atoms with E-state index in [9.17, 15) is 8.42 Å². The van der Waals surface area contributed by atoms with E-state index in [4.69, 9.17) is 22.1 Å². The first-order valence-corrected chi connectivity index (χ1v) is 10.1. The average molecular weight is 394 g/mol. The Bertz CT molecular complexity index is 850. The first-order valence-electron chi connectivity index (χ1n) is 8.11. The van der Waals surface area contributed by atoms with Crippen molar-refractivity contribution in [3.8, 4) is 5.75 Å². The zero-order valence-corrected chi connectivity index (χ0v) is 16.6. The quantitative estimate of drug-likeness (QED) is 0.734. The van der Waals surface area contributed by atoms with Gasteiger partial charge in [0, 0.05) is 12.7 Å². The second-order valence-corrected chi connectivity index (χ2v) is 7.74. The fraction of sp³-hybridized carbons (Fsp3) is 0.278. The van der Waals surface area contributed by atoms with Crippen molar-refractivity contribution in [2.24, 2.45) is 5.14 Å². The van der Waals surface area contributed by atoms with E-state index in [-0.39, 0.29) is 10.9 Å². The number of benzene rings is 2. The second-order valence-electron chi connectivity index (χ2n) is 5.79. The smallest absolute Gasteiger partial charge is 0.238 e. The zero-order chi connectivity index (χ0) is 19.3. The summed E-state index contributed by atoms with van der Waals surface area (Å²) in [7, 11) is -1.82. The summed E-state index contributed by atoms with van der Waals surface area (Å²) < 4.78 is 28.1. The number of hydrogen-bond acceptors (Lipinski definition) is 4. The van der Waals surface area contributed by atoms with Gasteiger partial charge in [-0.25, -0.2) is 13.6 Å². The maximum atomic E-state index is 11.4. The van der Waals surface area contributed by atoms with Crippen LogP contribution in [0.4, 0.5) is 5.69 Å². The Hall–Kier alpha value is -2.16. The molecule has 6 nitrogen and oxygen atoms in total. The minimum atomic E-state index is -3.69. The number of primary sulfonamides is 1. The molecule has 1 atom stereocenters. The van der Waals surface area contributed by atoms with Crippen molar-refractivity contribution in [1.82, 2.24) is 4.90 Å². The number of nitrogens with one attached hydrogen (secondary N) is 1. The molecule has 0 fully saturated rings. The molecule has 0 spiro atoms. The van der Waals surface area contributed by atoms with Crippen LogP contribution in [0.2, 0.25) is 0 Å². The molecular formula is C18H23N3O3S2. The Morgan fingerprint density at radius 3 is 2.27 bits per heavy atom. The molecule has 0 heterocycles. The molecular weight excluding hydrogens is 370 g/mol. The lowest BCUT2D eigenvalue weighted by Crippen LogP contribution is -2.33. The third-order valence-corrected chi connectivity index (χ3v) is 5.33. The van der Waals surface area contributed by atoms with Crippen molar-refractivity contribution in [1.29, 1.82) is 0 Å². The molecule has 2 aromatic carbocycles. The van der Waals surface area contributed by atoms with E-state index in [1.54, 1.807) is 12.1 Å². The number of ether oxygens (including phenoxy) is 1. The molecule has 2 rings (SSSR count). The normalized spacial score (nSPS) is 12.3. The third kappa shape index (κ3) is 5.17. The van der Waals surface area contributed by atoms with Gasteiger partial charge in [0.25, 0.3) is 0 Å². The summed E-state index contributed by atoms with van der Waals surface area (Å²) in [5.74, 6) is 0.806. The molecule has 0 aliphatic carbocycles. The minimum absolute atomic E-state index is 0.0489. The van der Waals surface area contributed by atoms with Crippen LogP contribution in [0.1, 0.15) is 25.5 Å². The van der Waals surface area contributed by atoms with E-state index < -0.39 is 10.0 Å². The first-order chi connectivity index (χ1) is 12.2. The van der Waals surface area contributed by atoms with Gasteiger partial charge in [-0.05, 0) is 68.0 Å². The lowest BCUT2D eigenvalue weighted by Gasteiger charge is -2.28. The maximum Gasteiger partial charge on any atom is 0.238 e. The van der Waals surface area contributed by atoms with Gasteiger partial charge in [-0.2, -0.15) is 0 Å². The Morgan fingerprint density at radius 1 is 1.19 bits per heavy atom. The van der Waals surface area contributed by atoms with Crippen molar-refractivity contribution in [3.05, 3.63) is 54.1 Å². The van der Waals surface area contributed by atoms with Crippen LogP contribution in [0.25, 0.3) is 0 Å². The number of hydrogen-bond donors (Lipinski definition) is 2. The van der Waals surface area contributed by atoms with Crippen molar-refractivity contribution in [2.75, 3.05) is 19.0 Å². The number of anilines is 1. The van der Waals surface area contributed by atoms with Crippen molar-refractivity contribution >= 4 is 33.0 Å². The number of sulfonamides is 1. The molecule has 0 aromatic heterocycles. The Morgan fingerprint density at radius 2 is 1.77 bits per heavy atom.